The first-order valence-corrected chi connectivity index (χ1v) is 7.79. The lowest BCUT2D eigenvalue weighted by molar-refractivity contribution is 0.0696. The lowest BCUT2D eigenvalue weighted by atomic mass is 10.2. The Morgan fingerprint density at radius 3 is 2.71 bits per heavy atom. The number of benzene rings is 1. The molecule has 0 bridgehead atoms. The molecule has 1 aromatic rings. The second kappa shape index (κ2) is 7.56. The third kappa shape index (κ3) is 4.28. The van der Waals surface area contributed by atoms with Crippen LogP contribution in [-0.2, 0) is 14.8 Å². The van der Waals surface area contributed by atoms with Crippen LogP contribution in [0.1, 0.15) is 10.4 Å². The summed E-state index contributed by atoms with van der Waals surface area (Å²) in [7, 11) is -2.48. The lowest BCUT2D eigenvalue weighted by Crippen LogP contribution is -2.34. The van der Waals surface area contributed by atoms with Crippen molar-refractivity contribution in [1.82, 2.24) is 4.31 Å². The van der Waals surface area contributed by atoms with Gasteiger partial charge in [-0.2, -0.15) is 4.31 Å². The molecule has 1 aromatic carbocycles. The first-order valence-electron chi connectivity index (χ1n) is 5.97. The Kier molecular flexibility index (Phi) is 6.35. The van der Waals surface area contributed by atoms with E-state index in [1.165, 1.54) is 25.3 Å². The highest BCUT2D eigenvalue weighted by Gasteiger charge is 2.26. The summed E-state index contributed by atoms with van der Waals surface area (Å²) in [6.07, 6.45) is 1.43. The van der Waals surface area contributed by atoms with Gasteiger partial charge in [0.25, 0.3) is 0 Å². The lowest BCUT2D eigenvalue weighted by Gasteiger charge is -2.21. The van der Waals surface area contributed by atoms with Gasteiger partial charge >= 0.3 is 5.97 Å². The normalized spacial score (nSPS) is 11.6. The van der Waals surface area contributed by atoms with E-state index in [2.05, 4.69) is 6.58 Å². The molecule has 0 amide bonds. The maximum Gasteiger partial charge on any atom is 0.335 e. The van der Waals surface area contributed by atoms with E-state index in [1.807, 2.05) is 0 Å². The van der Waals surface area contributed by atoms with Crippen LogP contribution >= 0.6 is 11.6 Å². The van der Waals surface area contributed by atoms with Crippen LogP contribution in [0.15, 0.2) is 35.7 Å². The van der Waals surface area contributed by atoms with E-state index in [-0.39, 0.29) is 35.2 Å². The van der Waals surface area contributed by atoms with Crippen LogP contribution in [0.25, 0.3) is 0 Å². The van der Waals surface area contributed by atoms with Crippen molar-refractivity contribution in [2.45, 2.75) is 4.90 Å². The summed E-state index contributed by atoms with van der Waals surface area (Å²) in [5.74, 6) is -1.23. The van der Waals surface area contributed by atoms with Gasteiger partial charge in [-0.1, -0.05) is 17.7 Å². The molecular formula is C13H16ClNO5S. The smallest absolute Gasteiger partial charge is 0.335 e. The van der Waals surface area contributed by atoms with Crippen LogP contribution in [0.4, 0.5) is 0 Å². The Balaban J connectivity index is 3.29. The highest BCUT2D eigenvalue weighted by molar-refractivity contribution is 7.89. The fraction of sp³-hybridized carbons (Fsp3) is 0.308. The molecule has 0 unspecified atom stereocenters. The molecule has 8 heteroatoms. The molecule has 0 aliphatic rings. The van der Waals surface area contributed by atoms with Crippen LogP contribution in [0.5, 0.6) is 0 Å². The predicted octanol–water partition coefficient (Wildman–Crippen LogP) is 1.86. The molecule has 0 aliphatic carbocycles. The molecule has 21 heavy (non-hydrogen) atoms. The number of carboxylic acid groups (broad SMARTS) is 1. The van der Waals surface area contributed by atoms with E-state index < -0.39 is 16.0 Å². The summed E-state index contributed by atoms with van der Waals surface area (Å²) in [6, 6.07) is 3.54. The molecule has 0 atom stereocenters. The van der Waals surface area contributed by atoms with Gasteiger partial charge in [-0.05, 0) is 18.2 Å². The molecule has 0 heterocycles. The highest BCUT2D eigenvalue weighted by Crippen LogP contribution is 2.26. The fourth-order valence-electron chi connectivity index (χ4n) is 1.62. The van der Waals surface area contributed by atoms with E-state index in [0.717, 1.165) is 10.4 Å². The summed E-state index contributed by atoms with van der Waals surface area (Å²) in [5.41, 5.74) is -0.150. The van der Waals surface area contributed by atoms with Crippen molar-refractivity contribution in [1.29, 1.82) is 0 Å². The topological polar surface area (TPSA) is 83.9 Å². The average Bonchev–Trinajstić information content (AvgIpc) is 2.43. The first-order chi connectivity index (χ1) is 9.84. The number of carbonyl (C=O) groups is 1. The number of methoxy groups -OCH3 is 1. The zero-order chi connectivity index (χ0) is 16.0. The van der Waals surface area contributed by atoms with Crippen LogP contribution in [0.2, 0.25) is 5.02 Å². The second-order valence-corrected chi connectivity index (χ2v) is 6.41. The number of nitrogens with zero attached hydrogens (tertiary/aromatic N) is 1. The van der Waals surface area contributed by atoms with Crippen molar-refractivity contribution >= 4 is 27.6 Å². The maximum atomic E-state index is 12.6. The second-order valence-electron chi connectivity index (χ2n) is 4.09. The van der Waals surface area contributed by atoms with Crippen molar-refractivity contribution in [2.75, 3.05) is 26.8 Å². The summed E-state index contributed by atoms with van der Waals surface area (Å²) >= 11 is 5.91. The van der Waals surface area contributed by atoms with Gasteiger partial charge in [-0.15, -0.1) is 6.58 Å². The summed E-state index contributed by atoms with van der Waals surface area (Å²) in [6.45, 7) is 3.89. The Morgan fingerprint density at radius 2 is 2.19 bits per heavy atom. The molecule has 0 aromatic heterocycles. The fourth-order valence-corrected chi connectivity index (χ4v) is 3.51. The molecule has 0 aliphatic heterocycles. The molecule has 116 valence electrons. The quantitative estimate of drug-likeness (QED) is 0.734. The van der Waals surface area contributed by atoms with Crippen molar-refractivity contribution in [3.8, 4) is 0 Å². The molecule has 1 rings (SSSR count). The van der Waals surface area contributed by atoms with Gasteiger partial charge in [0.2, 0.25) is 10.0 Å². The number of halogens is 1. The zero-order valence-corrected chi connectivity index (χ0v) is 13.0. The van der Waals surface area contributed by atoms with Gasteiger partial charge in [-0.25, -0.2) is 13.2 Å². The summed E-state index contributed by atoms with van der Waals surface area (Å²) in [4.78, 5) is 10.7. The van der Waals surface area contributed by atoms with Crippen LogP contribution in [0.3, 0.4) is 0 Å². The summed E-state index contributed by atoms with van der Waals surface area (Å²) < 4.78 is 31.1. The number of carboxylic acids is 1. The number of hydrogen-bond acceptors (Lipinski definition) is 4. The molecule has 0 saturated heterocycles. The molecule has 1 N–H and O–H groups in total. The highest BCUT2D eigenvalue weighted by atomic mass is 35.5. The van der Waals surface area contributed by atoms with Gasteiger partial charge < -0.3 is 9.84 Å². The van der Waals surface area contributed by atoms with Crippen molar-refractivity contribution < 1.29 is 23.1 Å². The third-order valence-corrected chi connectivity index (χ3v) is 5.02. The number of hydrogen-bond donors (Lipinski definition) is 1. The predicted molar refractivity (Wildman–Crippen MR) is 79.2 cm³/mol. The molecular weight excluding hydrogens is 318 g/mol. The molecule has 0 radical (unpaired) electrons. The minimum absolute atomic E-state index is 0.0357. The van der Waals surface area contributed by atoms with Gasteiger partial charge in [-0.3, -0.25) is 0 Å². The minimum Gasteiger partial charge on any atom is -0.478 e. The Labute approximate surface area is 128 Å². The van der Waals surface area contributed by atoms with Crippen LogP contribution < -0.4 is 0 Å². The Morgan fingerprint density at radius 1 is 1.52 bits per heavy atom. The van der Waals surface area contributed by atoms with Gasteiger partial charge in [0.15, 0.2) is 0 Å². The van der Waals surface area contributed by atoms with E-state index >= 15 is 0 Å². The van der Waals surface area contributed by atoms with Gasteiger partial charge in [0, 0.05) is 20.2 Å². The van der Waals surface area contributed by atoms with Gasteiger partial charge in [0.1, 0.15) is 4.90 Å². The average molecular weight is 334 g/mol. The monoisotopic (exact) mass is 333 g/mol. The number of rotatable bonds is 8. The number of aromatic carboxylic acids is 1. The molecule has 6 nitrogen and oxygen atoms in total. The standard InChI is InChI=1S/C13H16ClNO5S/c1-3-6-15(7-8-20-2)21(18,19)12-9-10(13(16)17)4-5-11(12)14/h3-5,9H,1,6-8H2,2H3,(H,16,17). The third-order valence-electron chi connectivity index (χ3n) is 2.67. The van der Waals surface area contributed by atoms with Crippen molar-refractivity contribution in [3.63, 3.8) is 0 Å². The van der Waals surface area contributed by atoms with Crippen LogP contribution in [-0.4, -0.2) is 50.6 Å². The Bertz CT molecular complexity index is 629. The Hall–Kier alpha value is -1.41. The van der Waals surface area contributed by atoms with E-state index in [1.54, 1.807) is 0 Å². The minimum atomic E-state index is -3.94. The van der Waals surface area contributed by atoms with Crippen molar-refractivity contribution in [2.24, 2.45) is 0 Å². The van der Waals surface area contributed by atoms with E-state index in [0.29, 0.717) is 0 Å². The number of sulfonamides is 1. The maximum absolute atomic E-state index is 12.6. The number of ether oxygens (including phenoxy) is 1. The largest absolute Gasteiger partial charge is 0.478 e. The molecule has 0 spiro atoms. The van der Waals surface area contributed by atoms with Gasteiger partial charge in [0.05, 0.1) is 17.2 Å². The first kappa shape index (κ1) is 17.6. The zero-order valence-electron chi connectivity index (χ0n) is 11.5. The molecule has 0 saturated carbocycles. The SMILES string of the molecule is C=CCN(CCOC)S(=O)(=O)c1cc(C(=O)O)ccc1Cl. The molecule has 0 fully saturated rings. The van der Waals surface area contributed by atoms with E-state index in [4.69, 9.17) is 21.4 Å². The summed E-state index contributed by atoms with van der Waals surface area (Å²) in [5, 5.41) is 8.93. The van der Waals surface area contributed by atoms with Crippen molar-refractivity contribution in [3.05, 3.63) is 41.4 Å². The van der Waals surface area contributed by atoms with Crippen LogP contribution in [0, 0.1) is 0 Å². The van der Waals surface area contributed by atoms with E-state index in [9.17, 15) is 13.2 Å².